The number of carbonyl (C=O) groups is 1. The molecule has 104 valence electrons. The van der Waals surface area contributed by atoms with Gasteiger partial charge in [0.25, 0.3) is 5.91 Å². The molecular formula is C13H9F3N2O2. The Morgan fingerprint density at radius 3 is 2.60 bits per heavy atom. The molecule has 2 aromatic carbocycles. The van der Waals surface area contributed by atoms with Crippen molar-refractivity contribution < 1.29 is 22.8 Å². The van der Waals surface area contributed by atoms with Gasteiger partial charge in [-0.3, -0.25) is 9.69 Å². The molecule has 1 aliphatic heterocycles. The van der Waals surface area contributed by atoms with E-state index in [1.807, 2.05) is 0 Å². The van der Waals surface area contributed by atoms with Crippen molar-refractivity contribution >= 4 is 22.4 Å². The van der Waals surface area contributed by atoms with Crippen LogP contribution in [0.3, 0.4) is 0 Å². The number of rotatable bonds is 2. The number of carbonyl (C=O) groups excluding carboxylic acids is 1. The average molecular weight is 282 g/mol. The molecule has 4 nitrogen and oxygen atoms in total. The van der Waals surface area contributed by atoms with E-state index in [1.54, 1.807) is 18.2 Å². The van der Waals surface area contributed by atoms with Gasteiger partial charge >= 0.3 is 6.18 Å². The standard InChI is InChI=1S/C13H9F3N2O2/c14-13(15,16)6-18-8-3-1-2-7-4-5-9(20-17)11(10(7)8)12(18)19/h1-5H,6,17H2. The summed E-state index contributed by atoms with van der Waals surface area (Å²) < 4.78 is 37.9. The molecule has 0 unspecified atom stereocenters. The number of alkyl halides is 3. The Morgan fingerprint density at radius 1 is 1.20 bits per heavy atom. The van der Waals surface area contributed by atoms with E-state index in [4.69, 9.17) is 5.90 Å². The predicted molar refractivity (Wildman–Crippen MR) is 66.5 cm³/mol. The predicted octanol–water partition coefficient (Wildman–Crippen LogP) is 2.61. The third-order valence-electron chi connectivity index (χ3n) is 3.20. The maximum absolute atomic E-state index is 12.6. The Labute approximate surface area is 111 Å². The zero-order valence-corrected chi connectivity index (χ0v) is 10.1. The second-order valence-corrected chi connectivity index (χ2v) is 4.44. The van der Waals surface area contributed by atoms with Crippen LogP contribution in [0.25, 0.3) is 10.8 Å². The normalized spacial score (nSPS) is 14.2. The van der Waals surface area contributed by atoms with Gasteiger partial charge in [-0.25, -0.2) is 0 Å². The molecule has 0 saturated heterocycles. The third-order valence-corrected chi connectivity index (χ3v) is 3.20. The topological polar surface area (TPSA) is 55.6 Å². The summed E-state index contributed by atoms with van der Waals surface area (Å²) in [6, 6.07) is 7.91. The van der Waals surface area contributed by atoms with Crippen molar-refractivity contribution in [3.8, 4) is 5.75 Å². The molecule has 1 aliphatic rings. The van der Waals surface area contributed by atoms with Crippen LogP contribution in [0, 0.1) is 0 Å². The number of hydrogen-bond acceptors (Lipinski definition) is 3. The van der Waals surface area contributed by atoms with Crippen molar-refractivity contribution in [3.05, 3.63) is 35.9 Å². The minimum Gasteiger partial charge on any atom is -0.411 e. The van der Waals surface area contributed by atoms with Crippen LogP contribution in [0.2, 0.25) is 0 Å². The van der Waals surface area contributed by atoms with Crippen LogP contribution in [0.1, 0.15) is 10.4 Å². The summed E-state index contributed by atoms with van der Waals surface area (Å²) >= 11 is 0. The van der Waals surface area contributed by atoms with Crippen LogP contribution in [0.15, 0.2) is 30.3 Å². The van der Waals surface area contributed by atoms with Crippen LogP contribution in [-0.4, -0.2) is 18.6 Å². The lowest BCUT2D eigenvalue weighted by atomic mass is 10.0. The van der Waals surface area contributed by atoms with Gasteiger partial charge < -0.3 is 4.84 Å². The molecule has 0 saturated carbocycles. The van der Waals surface area contributed by atoms with E-state index in [0.29, 0.717) is 15.7 Å². The Morgan fingerprint density at radius 2 is 1.95 bits per heavy atom. The van der Waals surface area contributed by atoms with E-state index in [-0.39, 0.29) is 17.0 Å². The summed E-state index contributed by atoms with van der Waals surface area (Å²) in [5.41, 5.74) is 0.295. The highest BCUT2D eigenvalue weighted by Gasteiger charge is 2.40. The number of benzene rings is 2. The number of amides is 1. The van der Waals surface area contributed by atoms with E-state index in [2.05, 4.69) is 4.84 Å². The Kier molecular flexibility index (Phi) is 2.62. The summed E-state index contributed by atoms with van der Waals surface area (Å²) in [4.78, 5) is 17.5. The number of nitrogens with zero attached hydrogens (tertiary/aromatic N) is 1. The fourth-order valence-corrected chi connectivity index (χ4v) is 2.46. The van der Waals surface area contributed by atoms with Crippen LogP contribution >= 0.6 is 0 Å². The zero-order valence-electron chi connectivity index (χ0n) is 10.1. The second-order valence-electron chi connectivity index (χ2n) is 4.44. The van der Waals surface area contributed by atoms with Gasteiger partial charge in [0, 0.05) is 5.39 Å². The molecule has 0 spiro atoms. The number of hydrogen-bond donors (Lipinski definition) is 1. The molecule has 0 radical (unpaired) electrons. The molecule has 2 aromatic rings. The van der Waals surface area contributed by atoms with E-state index < -0.39 is 18.6 Å². The minimum atomic E-state index is -4.48. The summed E-state index contributed by atoms with van der Waals surface area (Å²) in [5.74, 6) is 4.40. The van der Waals surface area contributed by atoms with Crippen molar-refractivity contribution in [3.63, 3.8) is 0 Å². The fourth-order valence-electron chi connectivity index (χ4n) is 2.46. The van der Waals surface area contributed by atoms with Gasteiger partial charge in [-0.2, -0.15) is 19.1 Å². The van der Waals surface area contributed by atoms with Crippen LogP contribution < -0.4 is 15.6 Å². The van der Waals surface area contributed by atoms with Gasteiger partial charge in [-0.05, 0) is 17.5 Å². The Bertz CT molecular complexity index is 713. The first kappa shape index (κ1) is 12.7. The highest BCUT2D eigenvalue weighted by atomic mass is 19.4. The molecule has 0 aromatic heterocycles. The van der Waals surface area contributed by atoms with E-state index in [1.165, 1.54) is 12.1 Å². The summed E-state index contributed by atoms with van der Waals surface area (Å²) in [7, 11) is 0. The number of anilines is 1. The lowest BCUT2D eigenvalue weighted by Crippen LogP contribution is -2.36. The molecule has 7 heteroatoms. The molecule has 3 rings (SSSR count). The first-order valence-electron chi connectivity index (χ1n) is 5.73. The third kappa shape index (κ3) is 1.78. The molecule has 1 amide bonds. The van der Waals surface area contributed by atoms with E-state index in [9.17, 15) is 18.0 Å². The molecular weight excluding hydrogens is 273 g/mol. The zero-order chi connectivity index (χ0) is 14.5. The Balaban J connectivity index is 2.24. The van der Waals surface area contributed by atoms with Crippen LogP contribution in [-0.2, 0) is 0 Å². The smallest absolute Gasteiger partial charge is 0.406 e. The van der Waals surface area contributed by atoms with Crippen molar-refractivity contribution in [2.24, 2.45) is 5.90 Å². The molecule has 0 fully saturated rings. The largest absolute Gasteiger partial charge is 0.411 e. The summed E-state index contributed by atoms with van der Waals surface area (Å²) in [6.45, 7) is -1.34. The summed E-state index contributed by atoms with van der Waals surface area (Å²) in [6.07, 6.45) is -4.48. The number of nitrogens with two attached hydrogens (primary N) is 1. The van der Waals surface area contributed by atoms with E-state index in [0.717, 1.165) is 0 Å². The van der Waals surface area contributed by atoms with Gasteiger partial charge in [0.1, 0.15) is 6.54 Å². The monoisotopic (exact) mass is 282 g/mol. The van der Waals surface area contributed by atoms with Gasteiger partial charge in [0.15, 0.2) is 5.75 Å². The van der Waals surface area contributed by atoms with Gasteiger partial charge in [0.2, 0.25) is 0 Å². The first-order valence-corrected chi connectivity index (χ1v) is 5.73. The minimum absolute atomic E-state index is 0.0691. The second kappa shape index (κ2) is 4.11. The van der Waals surface area contributed by atoms with Crippen molar-refractivity contribution in [2.45, 2.75) is 6.18 Å². The first-order chi connectivity index (χ1) is 9.42. The molecule has 0 aliphatic carbocycles. The lowest BCUT2D eigenvalue weighted by Gasteiger charge is -2.19. The average Bonchev–Trinajstić information content (AvgIpc) is 2.66. The van der Waals surface area contributed by atoms with E-state index >= 15 is 0 Å². The molecule has 1 heterocycles. The lowest BCUT2D eigenvalue weighted by molar-refractivity contribution is -0.118. The maximum atomic E-state index is 12.6. The fraction of sp³-hybridized carbons (Fsp3) is 0.154. The molecule has 20 heavy (non-hydrogen) atoms. The van der Waals surface area contributed by atoms with Crippen LogP contribution in [0.5, 0.6) is 5.75 Å². The number of halogens is 3. The molecule has 2 N–H and O–H groups in total. The molecule has 0 bridgehead atoms. The van der Waals surface area contributed by atoms with Crippen molar-refractivity contribution in [1.29, 1.82) is 0 Å². The van der Waals surface area contributed by atoms with Gasteiger partial charge in [0.05, 0.1) is 11.3 Å². The maximum Gasteiger partial charge on any atom is 0.406 e. The Hall–Kier alpha value is -2.28. The highest BCUT2D eigenvalue weighted by Crippen LogP contribution is 2.42. The highest BCUT2D eigenvalue weighted by molar-refractivity contribution is 6.26. The van der Waals surface area contributed by atoms with Crippen molar-refractivity contribution in [2.75, 3.05) is 11.4 Å². The van der Waals surface area contributed by atoms with Crippen molar-refractivity contribution in [1.82, 2.24) is 0 Å². The van der Waals surface area contributed by atoms with Crippen LogP contribution in [0.4, 0.5) is 18.9 Å². The van der Waals surface area contributed by atoms with Gasteiger partial charge in [-0.15, -0.1) is 0 Å². The van der Waals surface area contributed by atoms with Gasteiger partial charge in [-0.1, -0.05) is 18.2 Å². The summed E-state index contributed by atoms with van der Waals surface area (Å²) in [5, 5.41) is 1.10. The molecule has 0 atom stereocenters. The quantitative estimate of drug-likeness (QED) is 0.861. The SMILES string of the molecule is NOc1ccc2cccc3c2c1C(=O)N3CC(F)(F)F.